The highest BCUT2D eigenvalue weighted by Gasteiger charge is 2.15. The third-order valence-corrected chi connectivity index (χ3v) is 6.21. The molecule has 0 fully saturated rings. The number of halogens is 1. The molecule has 0 unspecified atom stereocenters. The van der Waals surface area contributed by atoms with Gasteiger partial charge in [0, 0.05) is 27.3 Å². The summed E-state index contributed by atoms with van der Waals surface area (Å²) < 4.78 is 8.97. The van der Waals surface area contributed by atoms with Crippen molar-refractivity contribution in [1.82, 2.24) is 14.5 Å². The number of aryl methyl sites for hydroxylation is 1. The number of nitrogen functional groups attached to an aromatic ring is 1. The van der Waals surface area contributed by atoms with Gasteiger partial charge in [-0.2, -0.15) is 0 Å². The van der Waals surface area contributed by atoms with E-state index in [1.54, 1.807) is 0 Å². The molecule has 0 saturated heterocycles. The molecule has 0 spiro atoms. The van der Waals surface area contributed by atoms with Gasteiger partial charge in [0.15, 0.2) is 5.82 Å². The molecule has 0 atom stereocenters. The lowest BCUT2D eigenvalue weighted by Gasteiger charge is -2.16. The standard InChI is InChI=1S/C16H27IN4OSi/c1-5-6-7-13-19-14-12(17)10-21(15(14)16(18)20-13)11-22-8-9-23(2,3)4/h10H,5-9,11H2,1-4H3,(H2,18,19,20). The van der Waals surface area contributed by atoms with Crippen LogP contribution in [0.1, 0.15) is 25.6 Å². The molecule has 0 aromatic carbocycles. The maximum absolute atomic E-state index is 6.19. The van der Waals surface area contributed by atoms with E-state index in [0.29, 0.717) is 12.5 Å². The molecule has 0 amide bonds. The average Bonchev–Trinajstić information content (AvgIpc) is 2.77. The van der Waals surface area contributed by atoms with Crippen LogP contribution in [0.2, 0.25) is 25.7 Å². The van der Waals surface area contributed by atoms with Gasteiger partial charge in [-0.1, -0.05) is 33.0 Å². The lowest BCUT2D eigenvalue weighted by atomic mass is 10.2. The molecule has 0 aliphatic carbocycles. The van der Waals surface area contributed by atoms with Crippen LogP contribution in [0, 0.1) is 3.57 Å². The third kappa shape index (κ3) is 5.15. The van der Waals surface area contributed by atoms with Crippen LogP contribution in [0.4, 0.5) is 5.82 Å². The van der Waals surface area contributed by atoms with Gasteiger partial charge >= 0.3 is 0 Å². The minimum atomic E-state index is -1.06. The predicted molar refractivity (Wildman–Crippen MR) is 107 cm³/mol. The minimum absolute atomic E-state index is 0.506. The molecule has 2 N–H and O–H groups in total. The number of anilines is 1. The summed E-state index contributed by atoms with van der Waals surface area (Å²) in [6.45, 7) is 10.5. The van der Waals surface area contributed by atoms with E-state index in [4.69, 9.17) is 15.5 Å². The van der Waals surface area contributed by atoms with Crippen LogP contribution < -0.4 is 5.73 Å². The van der Waals surface area contributed by atoms with Crippen molar-refractivity contribution in [3.05, 3.63) is 15.6 Å². The molecule has 0 bridgehead atoms. The summed E-state index contributed by atoms with van der Waals surface area (Å²) in [7, 11) is -1.06. The molecule has 2 rings (SSSR count). The fraction of sp³-hybridized carbons (Fsp3) is 0.625. The molecule has 5 nitrogen and oxygen atoms in total. The maximum atomic E-state index is 6.19. The monoisotopic (exact) mass is 446 g/mol. The first kappa shape index (κ1) is 18.7. The quantitative estimate of drug-likeness (QED) is 0.374. The molecule has 0 saturated carbocycles. The van der Waals surface area contributed by atoms with Crippen molar-refractivity contribution in [2.24, 2.45) is 0 Å². The van der Waals surface area contributed by atoms with Crippen LogP contribution in [0.3, 0.4) is 0 Å². The molecule has 2 aromatic rings. The second-order valence-corrected chi connectivity index (χ2v) is 13.9. The fourth-order valence-corrected chi connectivity index (χ4v) is 3.79. The minimum Gasteiger partial charge on any atom is -0.382 e. The molecule has 128 valence electrons. The summed E-state index contributed by atoms with van der Waals surface area (Å²) in [5.41, 5.74) is 8.03. The van der Waals surface area contributed by atoms with Gasteiger partial charge in [0.05, 0.1) is 3.57 Å². The lowest BCUT2D eigenvalue weighted by molar-refractivity contribution is 0.0902. The molecular formula is C16H27IN4OSi. The second kappa shape index (κ2) is 7.93. The van der Waals surface area contributed by atoms with Gasteiger partial charge in [-0.25, -0.2) is 9.97 Å². The average molecular weight is 446 g/mol. The Balaban J connectivity index is 2.15. The van der Waals surface area contributed by atoms with Gasteiger partial charge in [-0.05, 0) is 35.1 Å². The molecule has 23 heavy (non-hydrogen) atoms. The number of hydrogen-bond acceptors (Lipinski definition) is 4. The van der Waals surface area contributed by atoms with Crippen LogP contribution in [-0.4, -0.2) is 29.2 Å². The molecular weight excluding hydrogens is 419 g/mol. The highest BCUT2D eigenvalue weighted by Crippen LogP contribution is 2.25. The van der Waals surface area contributed by atoms with E-state index < -0.39 is 8.07 Å². The Labute approximate surface area is 153 Å². The number of nitrogens with zero attached hydrogens (tertiary/aromatic N) is 3. The van der Waals surface area contributed by atoms with Gasteiger partial charge < -0.3 is 15.0 Å². The van der Waals surface area contributed by atoms with Crippen molar-refractivity contribution in [2.45, 2.75) is 58.6 Å². The van der Waals surface area contributed by atoms with Gasteiger partial charge in [-0.15, -0.1) is 0 Å². The smallest absolute Gasteiger partial charge is 0.151 e. The van der Waals surface area contributed by atoms with E-state index in [1.807, 2.05) is 10.8 Å². The van der Waals surface area contributed by atoms with Gasteiger partial charge in [0.25, 0.3) is 0 Å². The summed E-state index contributed by atoms with van der Waals surface area (Å²) in [5, 5.41) is 0. The van der Waals surface area contributed by atoms with Crippen molar-refractivity contribution in [2.75, 3.05) is 12.3 Å². The fourth-order valence-electron chi connectivity index (χ4n) is 2.32. The molecule has 0 radical (unpaired) electrons. The first-order valence-electron chi connectivity index (χ1n) is 8.20. The highest BCUT2D eigenvalue weighted by molar-refractivity contribution is 14.1. The van der Waals surface area contributed by atoms with Crippen molar-refractivity contribution >= 4 is 47.5 Å². The van der Waals surface area contributed by atoms with Crippen molar-refractivity contribution in [3.63, 3.8) is 0 Å². The van der Waals surface area contributed by atoms with E-state index in [2.05, 4.69) is 54.1 Å². The zero-order valence-electron chi connectivity index (χ0n) is 14.5. The number of hydrogen-bond donors (Lipinski definition) is 1. The molecule has 7 heteroatoms. The first-order valence-corrected chi connectivity index (χ1v) is 13.0. The highest BCUT2D eigenvalue weighted by atomic mass is 127. The summed E-state index contributed by atoms with van der Waals surface area (Å²) in [4.78, 5) is 9.17. The first-order chi connectivity index (χ1) is 10.8. The molecule has 0 aliphatic heterocycles. The Morgan fingerprint density at radius 3 is 2.70 bits per heavy atom. The summed E-state index contributed by atoms with van der Waals surface area (Å²) in [6.07, 6.45) is 5.14. The van der Waals surface area contributed by atoms with Gasteiger partial charge in [0.2, 0.25) is 0 Å². The zero-order valence-corrected chi connectivity index (χ0v) is 17.7. The summed E-state index contributed by atoms with van der Waals surface area (Å²) in [6, 6.07) is 1.16. The summed E-state index contributed by atoms with van der Waals surface area (Å²) >= 11 is 2.31. The topological polar surface area (TPSA) is 66.0 Å². The van der Waals surface area contributed by atoms with Crippen molar-refractivity contribution < 1.29 is 4.74 Å². The van der Waals surface area contributed by atoms with E-state index in [9.17, 15) is 0 Å². The second-order valence-electron chi connectivity index (χ2n) is 7.12. The Hall–Kier alpha value is -0.673. The van der Waals surface area contributed by atoms with E-state index >= 15 is 0 Å². The van der Waals surface area contributed by atoms with E-state index in [-0.39, 0.29) is 0 Å². The normalized spacial score (nSPS) is 12.2. The Bertz CT molecular complexity index is 666. The largest absolute Gasteiger partial charge is 0.382 e. The molecule has 2 heterocycles. The SMILES string of the molecule is CCCCc1nc(N)c2c(n1)c(I)cn2COCC[Si](C)(C)C. The van der Waals surface area contributed by atoms with Gasteiger partial charge in [-0.3, -0.25) is 0 Å². The number of aromatic nitrogens is 3. The Morgan fingerprint density at radius 2 is 2.04 bits per heavy atom. The Morgan fingerprint density at radius 1 is 1.30 bits per heavy atom. The van der Waals surface area contributed by atoms with E-state index in [0.717, 1.165) is 52.3 Å². The lowest BCUT2D eigenvalue weighted by Crippen LogP contribution is -2.22. The van der Waals surface area contributed by atoms with Crippen molar-refractivity contribution in [3.8, 4) is 0 Å². The van der Waals surface area contributed by atoms with Crippen LogP contribution >= 0.6 is 22.6 Å². The number of ether oxygens (including phenoxy) is 1. The number of nitrogens with two attached hydrogens (primary N) is 1. The number of unbranched alkanes of at least 4 members (excludes halogenated alkanes) is 1. The van der Waals surface area contributed by atoms with Crippen LogP contribution in [-0.2, 0) is 17.9 Å². The zero-order chi connectivity index (χ0) is 17.0. The third-order valence-electron chi connectivity index (χ3n) is 3.72. The Kier molecular flexibility index (Phi) is 6.44. The van der Waals surface area contributed by atoms with E-state index in [1.165, 1.54) is 0 Å². The molecule has 0 aliphatic rings. The van der Waals surface area contributed by atoms with Crippen molar-refractivity contribution in [1.29, 1.82) is 0 Å². The number of rotatable bonds is 8. The number of fused-ring (bicyclic) bond motifs is 1. The van der Waals surface area contributed by atoms with Crippen LogP contribution in [0.5, 0.6) is 0 Å². The van der Waals surface area contributed by atoms with Crippen LogP contribution in [0.25, 0.3) is 11.0 Å². The predicted octanol–water partition coefficient (Wildman–Crippen LogP) is 4.27. The molecule has 2 aromatic heterocycles. The summed E-state index contributed by atoms with van der Waals surface area (Å²) in [5.74, 6) is 1.39. The van der Waals surface area contributed by atoms with Crippen LogP contribution in [0.15, 0.2) is 6.20 Å². The maximum Gasteiger partial charge on any atom is 0.151 e. The van der Waals surface area contributed by atoms with Gasteiger partial charge in [0.1, 0.15) is 23.6 Å².